The number of ether oxygens (including phenoxy) is 4. The lowest BCUT2D eigenvalue weighted by Gasteiger charge is -2.36. The fourth-order valence-corrected chi connectivity index (χ4v) is 9.83. The Labute approximate surface area is 445 Å². The van der Waals surface area contributed by atoms with Crippen LogP contribution in [0.2, 0.25) is 0 Å². The van der Waals surface area contributed by atoms with E-state index in [2.05, 4.69) is 65.8 Å². The van der Waals surface area contributed by atoms with E-state index in [1.54, 1.807) is 13.8 Å². The Bertz CT molecular complexity index is 2300. The Hall–Kier alpha value is -5.64. The highest BCUT2D eigenvalue weighted by Crippen LogP contribution is 2.42. The van der Waals surface area contributed by atoms with Gasteiger partial charge in [-0.15, -0.1) is 0 Å². The standard InChI is InChI=1S/C38H52O5.C26H38O5/c1-8-15-28(2)16-12-13-17-29(3)18-14-19-30(4)22-23-33-31(5)37(41)34(26-38(33,6)7)43-36(40)25-24-35(39)42-27-32-20-10-9-11-21-32;1-6-18(2)12-13-21-19(3)25(29)22(16-26(21,4)5)31-24(28)15-14-23(27)30-17-20-10-8-7-9-11-20/h8,12-19,22-23,32,34H,9-11,20-21,24-27H2,1-7H3;6,12-13,20,22H,7-11,14-17H2,1-5H3/b13-12+,15-8+,18-14+,23-22+,28-16+,29-17+,30-19+;13-12+,18-6+. The van der Waals surface area contributed by atoms with Gasteiger partial charge in [-0.3, -0.25) is 28.8 Å². The summed E-state index contributed by atoms with van der Waals surface area (Å²) < 4.78 is 21.8. The molecule has 0 aliphatic heterocycles. The van der Waals surface area contributed by atoms with E-state index in [1.807, 2.05) is 88.5 Å². The summed E-state index contributed by atoms with van der Waals surface area (Å²) in [7, 11) is 0. The molecule has 4 rings (SSSR count). The van der Waals surface area contributed by atoms with Gasteiger partial charge >= 0.3 is 23.9 Å². The van der Waals surface area contributed by atoms with Gasteiger partial charge in [0, 0.05) is 12.8 Å². The van der Waals surface area contributed by atoms with E-state index >= 15 is 0 Å². The summed E-state index contributed by atoms with van der Waals surface area (Å²) >= 11 is 0. The maximum atomic E-state index is 13.1. The van der Waals surface area contributed by atoms with Crippen molar-refractivity contribution in [3.63, 3.8) is 0 Å². The minimum atomic E-state index is -0.844. The molecule has 4 aliphatic carbocycles. The zero-order chi connectivity index (χ0) is 54.8. The Morgan fingerprint density at radius 3 is 1.27 bits per heavy atom. The molecule has 406 valence electrons. The second kappa shape index (κ2) is 31.9. The zero-order valence-electron chi connectivity index (χ0n) is 47.2. The number of esters is 4. The number of allylic oxidation sites excluding steroid dienone is 20. The summed E-state index contributed by atoms with van der Waals surface area (Å²) in [6.07, 6.45) is 39.0. The number of ketones is 2. The molecule has 2 fully saturated rings. The normalized spacial score (nSPS) is 21.8. The largest absolute Gasteiger partial charge is 0.465 e. The molecule has 10 nitrogen and oxygen atoms in total. The van der Waals surface area contributed by atoms with Crippen LogP contribution in [0.1, 0.15) is 186 Å². The highest BCUT2D eigenvalue weighted by Gasteiger charge is 2.41. The summed E-state index contributed by atoms with van der Waals surface area (Å²) in [6.45, 7) is 24.8. The third kappa shape index (κ3) is 22.5. The van der Waals surface area contributed by atoms with Crippen molar-refractivity contribution < 1.29 is 47.7 Å². The molecule has 0 spiro atoms. The monoisotopic (exact) mass is 1020 g/mol. The van der Waals surface area contributed by atoms with E-state index in [0.29, 0.717) is 49.0 Å². The molecule has 74 heavy (non-hydrogen) atoms. The topological polar surface area (TPSA) is 139 Å². The van der Waals surface area contributed by atoms with Crippen LogP contribution in [0.25, 0.3) is 0 Å². The molecule has 4 aliphatic rings. The Balaban J connectivity index is 0.000000411. The summed E-state index contributed by atoms with van der Waals surface area (Å²) in [5, 5.41) is 0. The SMILES string of the molecule is C/C=C(C)/C=C/C1=C(C)C(=O)C(OC(=O)CCC(=O)OCC2CCCCC2)CC1(C)C.C/C=C/C(C)=C/C=C/C=C(C)/C=C/C=C(C)/C=C/C1=C(C)C(=O)C(OC(=O)CCC(=O)OCC2CCCCC2)CC1(C)C. The lowest BCUT2D eigenvalue weighted by molar-refractivity contribution is -0.158. The van der Waals surface area contributed by atoms with E-state index in [9.17, 15) is 28.8 Å². The zero-order valence-corrected chi connectivity index (χ0v) is 47.2. The molecule has 2 unspecified atom stereocenters. The van der Waals surface area contributed by atoms with Gasteiger partial charge in [0.2, 0.25) is 0 Å². The highest BCUT2D eigenvalue weighted by molar-refractivity contribution is 6.02. The van der Waals surface area contributed by atoms with E-state index in [-0.39, 0.29) is 60.0 Å². The van der Waals surface area contributed by atoms with E-state index in [1.165, 1.54) is 44.1 Å². The van der Waals surface area contributed by atoms with Gasteiger partial charge in [0.15, 0.2) is 23.8 Å². The summed E-state index contributed by atoms with van der Waals surface area (Å²) in [4.78, 5) is 74.9. The van der Waals surface area contributed by atoms with E-state index in [0.717, 1.165) is 53.5 Å². The Morgan fingerprint density at radius 1 is 0.500 bits per heavy atom. The maximum absolute atomic E-state index is 13.1. The van der Waals surface area contributed by atoms with Gasteiger partial charge in [-0.25, -0.2) is 0 Å². The Morgan fingerprint density at radius 2 is 0.865 bits per heavy atom. The highest BCUT2D eigenvalue weighted by atomic mass is 16.6. The van der Waals surface area contributed by atoms with Crippen molar-refractivity contribution in [2.45, 2.75) is 198 Å². The van der Waals surface area contributed by atoms with Crippen LogP contribution in [0.15, 0.2) is 130 Å². The van der Waals surface area contributed by atoms with Crippen LogP contribution >= 0.6 is 0 Å². The minimum absolute atomic E-state index is 0.0126. The average molecular weight is 1020 g/mol. The van der Waals surface area contributed by atoms with Crippen LogP contribution in [0, 0.1) is 22.7 Å². The molecular weight excluding hydrogens is 929 g/mol. The lowest BCUT2D eigenvalue weighted by Crippen LogP contribution is -2.39. The molecule has 0 heterocycles. The number of hydrogen-bond donors (Lipinski definition) is 0. The fourth-order valence-electron chi connectivity index (χ4n) is 9.83. The van der Waals surface area contributed by atoms with Crippen LogP contribution in [0.4, 0.5) is 0 Å². The van der Waals surface area contributed by atoms with Crippen LogP contribution in [-0.2, 0) is 47.7 Å². The van der Waals surface area contributed by atoms with Crippen LogP contribution in [0.3, 0.4) is 0 Å². The first-order valence-electron chi connectivity index (χ1n) is 27.3. The van der Waals surface area contributed by atoms with Crippen molar-refractivity contribution in [2.24, 2.45) is 22.7 Å². The number of carbonyl (C=O) groups is 6. The van der Waals surface area contributed by atoms with Gasteiger partial charge in [-0.2, -0.15) is 0 Å². The first-order valence-corrected chi connectivity index (χ1v) is 27.3. The number of rotatable bonds is 21. The molecule has 0 radical (unpaired) electrons. The molecule has 2 saturated carbocycles. The first-order chi connectivity index (χ1) is 35.1. The molecule has 0 aromatic heterocycles. The van der Waals surface area contributed by atoms with Gasteiger partial charge in [0.25, 0.3) is 0 Å². The Kier molecular flexibility index (Phi) is 27.0. The van der Waals surface area contributed by atoms with Crippen molar-refractivity contribution in [3.8, 4) is 0 Å². The third-order valence-electron chi connectivity index (χ3n) is 14.5. The molecule has 0 amide bonds. The fraction of sp³-hybridized carbons (Fsp3) is 0.562. The van der Waals surface area contributed by atoms with Crippen molar-refractivity contribution in [3.05, 3.63) is 130 Å². The number of carbonyl (C=O) groups excluding carboxylic acids is 6. The third-order valence-corrected chi connectivity index (χ3v) is 14.5. The second-order valence-electron chi connectivity index (χ2n) is 22.0. The first kappa shape index (κ1) is 62.7. The van der Waals surface area contributed by atoms with Gasteiger partial charge in [0.05, 0.1) is 38.9 Å². The molecular formula is C64H90O10. The molecule has 2 atom stereocenters. The summed E-state index contributed by atoms with van der Waals surface area (Å²) in [5.41, 5.74) is 6.99. The van der Waals surface area contributed by atoms with Gasteiger partial charge in [0.1, 0.15) is 0 Å². The predicted octanol–water partition coefficient (Wildman–Crippen LogP) is 14.8. The van der Waals surface area contributed by atoms with Crippen LogP contribution < -0.4 is 0 Å². The second-order valence-corrected chi connectivity index (χ2v) is 22.0. The smallest absolute Gasteiger partial charge is 0.307 e. The minimum Gasteiger partial charge on any atom is -0.465 e. The van der Waals surface area contributed by atoms with Crippen molar-refractivity contribution in [1.29, 1.82) is 0 Å². The number of Topliss-reactive ketones (excluding diaryl/α,β-unsaturated/α-hetero) is 2. The van der Waals surface area contributed by atoms with E-state index in [4.69, 9.17) is 18.9 Å². The molecule has 0 bridgehead atoms. The summed E-state index contributed by atoms with van der Waals surface area (Å²) in [6, 6.07) is 0. The molecule has 0 saturated heterocycles. The molecule has 0 aromatic rings. The summed E-state index contributed by atoms with van der Waals surface area (Å²) in [5.74, 6) is -1.29. The molecule has 10 heteroatoms. The average Bonchev–Trinajstić information content (AvgIpc) is 3.36. The van der Waals surface area contributed by atoms with Crippen LogP contribution in [-0.4, -0.2) is 60.9 Å². The lowest BCUT2D eigenvalue weighted by atomic mass is 9.71. The van der Waals surface area contributed by atoms with Crippen molar-refractivity contribution in [2.75, 3.05) is 13.2 Å². The quantitative estimate of drug-likeness (QED) is 0.0620. The van der Waals surface area contributed by atoms with Gasteiger partial charge in [-0.05, 0) is 126 Å². The number of hydrogen-bond acceptors (Lipinski definition) is 10. The maximum Gasteiger partial charge on any atom is 0.307 e. The van der Waals surface area contributed by atoms with Crippen LogP contribution in [0.5, 0.6) is 0 Å². The predicted molar refractivity (Wildman–Crippen MR) is 298 cm³/mol. The molecule has 0 aromatic carbocycles. The van der Waals surface area contributed by atoms with Crippen molar-refractivity contribution in [1.82, 2.24) is 0 Å². The van der Waals surface area contributed by atoms with Gasteiger partial charge < -0.3 is 18.9 Å². The van der Waals surface area contributed by atoms with Gasteiger partial charge in [-0.1, -0.05) is 174 Å². The van der Waals surface area contributed by atoms with Crippen molar-refractivity contribution >= 4 is 35.4 Å². The molecule has 0 N–H and O–H groups in total. The van der Waals surface area contributed by atoms with E-state index < -0.39 is 24.1 Å².